The molecule has 0 fully saturated rings. The largest absolute Gasteiger partial charge is 0.391 e. The third-order valence-electron chi connectivity index (χ3n) is 2.63. The smallest absolute Gasteiger partial charge is 0.0815 e. The number of alkyl halides is 1. The van der Waals surface area contributed by atoms with E-state index in [4.69, 9.17) is 11.6 Å². The van der Waals surface area contributed by atoms with Gasteiger partial charge in [0.1, 0.15) is 0 Å². The maximum atomic E-state index is 9.89. The summed E-state index contributed by atoms with van der Waals surface area (Å²) in [6, 6.07) is 9.33. The van der Waals surface area contributed by atoms with Crippen molar-refractivity contribution in [3.63, 3.8) is 0 Å². The van der Waals surface area contributed by atoms with Gasteiger partial charge in [-0.2, -0.15) is 0 Å². The quantitative estimate of drug-likeness (QED) is 0.753. The van der Waals surface area contributed by atoms with Gasteiger partial charge in [-0.25, -0.2) is 0 Å². The van der Waals surface area contributed by atoms with Crippen LogP contribution in [0.2, 0.25) is 0 Å². The van der Waals surface area contributed by atoms with Crippen molar-refractivity contribution in [2.24, 2.45) is 0 Å². The first-order valence-corrected chi connectivity index (χ1v) is 6.14. The third kappa shape index (κ3) is 4.12. The van der Waals surface area contributed by atoms with Crippen LogP contribution in [-0.2, 0) is 0 Å². The Labute approximate surface area is 102 Å². The molecule has 2 N–H and O–H groups in total. The zero-order valence-electron chi connectivity index (χ0n) is 9.51. The van der Waals surface area contributed by atoms with Gasteiger partial charge < -0.3 is 10.2 Å². The van der Waals surface area contributed by atoms with E-state index in [1.807, 2.05) is 37.3 Å². The molecule has 3 atom stereocenters. The molecule has 0 heterocycles. The van der Waals surface area contributed by atoms with Crippen LogP contribution in [0.5, 0.6) is 0 Å². The Bertz CT molecular complexity index is 289. The highest BCUT2D eigenvalue weighted by Gasteiger charge is 2.20. The fourth-order valence-electron chi connectivity index (χ4n) is 1.66. The van der Waals surface area contributed by atoms with Gasteiger partial charge in [0, 0.05) is 6.42 Å². The summed E-state index contributed by atoms with van der Waals surface area (Å²) in [5.41, 5.74) is 0.821. The number of aliphatic hydroxyl groups excluding tert-OH is 2. The van der Waals surface area contributed by atoms with E-state index in [9.17, 15) is 10.2 Å². The van der Waals surface area contributed by atoms with Gasteiger partial charge in [-0.1, -0.05) is 43.7 Å². The molecule has 0 spiro atoms. The molecule has 0 radical (unpaired) electrons. The molecule has 1 rings (SSSR count). The SMILES string of the molecule is CCC[C@H](Cl)[C@H](O)C[C@@H](O)c1ccccc1. The van der Waals surface area contributed by atoms with Gasteiger partial charge in [0.05, 0.1) is 17.6 Å². The highest BCUT2D eigenvalue weighted by Crippen LogP contribution is 2.22. The lowest BCUT2D eigenvalue weighted by Gasteiger charge is -2.19. The maximum absolute atomic E-state index is 9.89. The highest BCUT2D eigenvalue weighted by atomic mass is 35.5. The number of rotatable bonds is 6. The van der Waals surface area contributed by atoms with Gasteiger partial charge in [0.15, 0.2) is 0 Å². The van der Waals surface area contributed by atoms with Gasteiger partial charge >= 0.3 is 0 Å². The second-order valence-corrected chi connectivity index (χ2v) is 4.59. The molecule has 0 aliphatic carbocycles. The van der Waals surface area contributed by atoms with Crippen LogP contribution in [0.25, 0.3) is 0 Å². The average Bonchev–Trinajstić information content (AvgIpc) is 2.30. The lowest BCUT2D eigenvalue weighted by atomic mass is 10.0. The number of benzene rings is 1. The van der Waals surface area contributed by atoms with Crippen LogP contribution in [0.3, 0.4) is 0 Å². The Kier molecular flexibility index (Phi) is 5.81. The van der Waals surface area contributed by atoms with E-state index in [1.54, 1.807) is 0 Å². The minimum absolute atomic E-state index is 0.275. The van der Waals surface area contributed by atoms with Crippen molar-refractivity contribution in [3.8, 4) is 0 Å². The number of hydrogen-bond acceptors (Lipinski definition) is 2. The minimum Gasteiger partial charge on any atom is -0.391 e. The molecule has 0 saturated carbocycles. The first kappa shape index (κ1) is 13.5. The Morgan fingerprint density at radius 3 is 2.38 bits per heavy atom. The second kappa shape index (κ2) is 6.89. The van der Waals surface area contributed by atoms with Crippen LogP contribution in [-0.4, -0.2) is 21.7 Å². The predicted molar refractivity (Wildman–Crippen MR) is 66.6 cm³/mol. The first-order chi connectivity index (χ1) is 7.65. The summed E-state index contributed by atoms with van der Waals surface area (Å²) in [6.45, 7) is 2.02. The monoisotopic (exact) mass is 242 g/mol. The van der Waals surface area contributed by atoms with Crippen LogP contribution < -0.4 is 0 Å². The average molecular weight is 243 g/mol. The fraction of sp³-hybridized carbons (Fsp3) is 0.538. The molecule has 0 aliphatic heterocycles. The summed E-state index contributed by atoms with van der Waals surface area (Å²) < 4.78 is 0. The van der Waals surface area contributed by atoms with E-state index in [0.29, 0.717) is 0 Å². The Morgan fingerprint density at radius 2 is 1.81 bits per heavy atom. The minimum atomic E-state index is -0.656. The lowest BCUT2D eigenvalue weighted by molar-refractivity contribution is 0.0764. The molecule has 90 valence electrons. The molecule has 0 unspecified atom stereocenters. The normalized spacial score (nSPS) is 16.8. The summed E-state index contributed by atoms with van der Waals surface area (Å²) in [6.07, 6.45) is 0.695. The van der Waals surface area contributed by atoms with Gasteiger partial charge in [0.2, 0.25) is 0 Å². The van der Waals surface area contributed by atoms with Crippen molar-refractivity contribution in [2.75, 3.05) is 0 Å². The van der Waals surface area contributed by atoms with E-state index in [0.717, 1.165) is 18.4 Å². The van der Waals surface area contributed by atoms with Crippen molar-refractivity contribution in [1.29, 1.82) is 0 Å². The molecule has 1 aromatic rings. The lowest BCUT2D eigenvalue weighted by Crippen LogP contribution is -2.23. The van der Waals surface area contributed by atoms with Crippen LogP contribution in [0.4, 0.5) is 0 Å². The van der Waals surface area contributed by atoms with E-state index in [-0.39, 0.29) is 11.8 Å². The number of hydrogen-bond donors (Lipinski definition) is 2. The molecular weight excluding hydrogens is 224 g/mol. The fourth-order valence-corrected chi connectivity index (χ4v) is 1.98. The van der Waals surface area contributed by atoms with Gasteiger partial charge in [-0.15, -0.1) is 11.6 Å². The van der Waals surface area contributed by atoms with Crippen molar-refractivity contribution < 1.29 is 10.2 Å². The Balaban J connectivity index is 2.48. The molecule has 0 aliphatic rings. The van der Waals surface area contributed by atoms with E-state index >= 15 is 0 Å². The standard InChI is InChI=1S/C13H19ClO2/c1-2-6-11(14)13(16)9-12(15)10-7-4-3-5-8-10/h3-5,7-8,11-13,15-16H,2,6,9H2,1H3/t11-,12+,13+/m0/s1. The first-order valence-electron chi connectivity index (χ1n) is 5.70. The molecule has 0 saturated heterocycles. The zero-order valence-corrected chi connectivity index (χ0v) is 10.3. The summed E-state index contributed by atoms with van der Waals surface area (Å²) in [4.78, 5) is 0. The van der Waals surface area contributed by atoms with Crippen LogP contribution >= 0.6 is 11.6 Å². The molecule has 0 amide bonds. The Hall–Kier alpha value is -0.570. The number of aliphatic hydroxyl groups is 2. The number of halogens is 1. The molecule has 16 heavy (non-hydrogen) atoms. The van der Waals surface area contributed by atoms with Gasteiger partial charge in [-0.05, 0) is 12.0 Å². The van der Waals surface area contributed by atoms with Crippen molar-refractivity contribution in [3.05, 3.63) is 35.9 Å². The summed E-state index contributed by atoms with van der Waals surface area (Å²) >= 11 is 6.00. The Morgan fingerprint density at radius 1 is 1.19 bits per heavy atom. The van der Waals surface area contributed by atoms with Crippen LogP contribution in [0.1, 0.15) is 37.9 Å². The van der Waals surface area contributed by atoms with Crippen molar-refractivity contribution in [1.82, 2.24) is 0 Å². The predicted octanol–water partition coefficient (Wildman–Crippen LogP) is 2.88. The summed E-state index contributed by atoms with van der Waals surface area (Å²) in [5, 5.41) is 19.4. The molecule has 3 heteroatoms. The van der Waals surface area contributed by atoms with Gasteiger partial charge in [-0.3, -0.25) is 0 Å². The van der Waals surface area contributed by atoms with Gasteiger partial charge in [0.25, 0.3) is 0 Å². The molecule has 2 nitrogen and oxygen atoms in total. The van der Waals surface area contributed by atoms with E-state index < -0.39 is 12.2 Å². The molecule has 1 aromatic carbocycles. The highest BCUT2D eigenvalue weighted by molar-refractivity contribution is 6.21. The van der Waals surface area contributed by atoms with E-state index in [1.165, 1.54) is 0 Å². The van der Waals surface area contributed by atoms with E-state index in [2.05, 4.69) is 0 Å². The molecule has 0 aromatic heterocycles. The molecule has 0 bridgehead atoms. The third-order valence-corrected chi connectivity index (χ3v) is 3.14. The summed E-state index contributed by atoms with van der Waals surface area (Å²) in [5.74, 6) is 0. The van der Waals surface area contributed by atoms with Crippen molar-refractivity contribution >= 4 is 11.6 Å². The zero-order chi connectivity index (χ0) is 12.0. The second-order valence-electron chi connectivity index (χ2n) is 4.03. The topological polar surface area (TPSA) is 40.5 Å². The van der Waals surface area contributed by atoms with Crippen molar-refractivity contribution in [2.45, 2.75) is 43.8 Å². The van der Waals surface area contributed by atoms with Crippen LogP contribution in [0.15, 0.2) is 30.3 Å². The maximum Gasteiger partial charge on any atom is 0.0815 e. The summed E-state index contributed by atoms with van der Waals surface area (Å²) in [7, 11) is 0. The van der Waals surface area contributed by atoms with Crippen LogP contribution in [0, 0.1) is 0 Å². The molecular formula is C13H19ClO2.